The molecule has 0 aliphatic rings. The number of phenolic OH excluding ortho intramolecular Hbond substituents is 2. The summed E-state index contributed by atoms with van der Waals surface area (Å²) in [5.74, 6) is -0.185. The number of fused-ring (bicyclic) bond motifs is 1. The molecule has 0 aliphatic heterocycles. The van der Waals surface area contributed by atoms with Crippen LogP contribution in [0.25, 0.3) is 10.8 Å². The molecule has 0 saturated heterocycles. The third-order valence-electron chi connectivity index (χ3n) is 3.39. The van der Waals surface area contributed by atoms with Gasteiger partial charge in [0.2, 0.25) is 0 Å². The van der Waals surface area contributed by atoms with Gasteiger partial charge in [0.25, 0.3) is 10.1 Å². The van der Waals surface area contributed by atoms with Gasteiger partial charge in [0.1, 0.15) is 17.2 Å². The molecule has 0 heterocycles. The summed E-state index contributed by atoms with van der Waals surface area (Å²) in [4.78, 5) is -0.398. The van der Waals surface area contributed by atoms with Gasteiger partial charge in [-0.1, -0.05) is 24.3 Å². The highest BCUT2D eigenvalue weighted by Gasteiger charge is 2.12. The van der Waals surface area contributed by atoms with Crippen molar-refractivity contribution < 1.29 is 23.2 Å². The molecule has 0 saturated carbocycles. The monoisotopic (exact) mass is 344 g/mol. The molecule has 3 N–H and O–H groups in total. The number of hydrogen-bond acceptors (Lipinski definition) is 6. The van der Waals surface area contributed by atoms with Crippen molar-refractivity contribution in [3.63, 3.8) is 0 Å². The lowest BCUT2D eigenvalue weighted by Crippen LogP contribution is -1.96. The molecule has 0 aromatic heterocycles. The van der Waals surface area contributed by atoms with Gasteiger partial charge in [-0.05, 0) is 30.3 Å². The molecule has 3 rings (SSSR count). The molecule has 0 radical (unpaired) electrons. The average Bonchev–Trinajstić information content (AvgIpc) is 2.55. The normalized spacial score (nSPS) is 12.0. The predicted octanol–water partition coefficient (Wildman–Crippen LogP) is 3.91. The number of hydrogen-bond donors (Lipinski definition) is 3. The van der Waals surface area contributed by atoms with Crippen LogP contribution in [0.3, 0.4) is 0 Å². The fraction of sp³-hybridized carbons (Fsp3) is 0. The lowest BCUT2D eigenvalue weighted by Gasteiger charge is -2.04. The Bertz CT molecular complexity index is 1060. The molecule has 3 aromatic carbocycles. The van der Waals surface area contributed by atoms with Crippen LogP contribution in [0.2, 0.25) is 0 Å². The Kier molecular flexibility index (Phi) is 3.92. The van der Waals surface area contributed by atoms with Crippen molar-refractivity contribution in [1.82, 2.24) is 0 Å². The first kappa shape index (κ1) is 15.9. The molecule has 24 heavy (non-hydrogen) atoms. The SMILES string of the molecule is O=S(=O)(O)c1ccc(O)c(N=Nc2ccc(O)c3ccccc23)c1. The van der Waals surface area contributed by atoms with Gasteiger partial charge in [-0.3, -0.25) is 4.55 Å². The Balaban J connectivity index is 2.08. The van der Waals surface area contributed by atoms with Crippen LogP contribution in [0.5, 0.6) is 11.5 Å². The maximum Gasteiger partial charge on any atom is 0.294 e. The Hall–Kier alpha value is -2.97. The van der Waals surface area contributed by atoms with Crippen LogP contribution < -0.4 is 0 Å². The maximum atomic E-state index is 11.2. The van der Waals surface area contributed by atoms with Crippen molar-refractivity contribution in [3.8, 4) is 11.5 Å². The molecule has 0 atom stereocenters. The third-order valence-corrected chi connectivity index (χ3v) is 4.24. The minimum Gasteiger partial charge on any atom is -0.507 e. The number of phenols is 2. The molecular weight excluding hydrogens is 332 g/mol. The van der Waals surface area contributed by atoms with E-state index in [0.29, 0.717) is 16.5 Å². The second-order valence-corrected chi connectivity index (χ2v) is 6.40. The van der Waals surface area contributed by atoms with Crippen molar-refractivity contribution in [3.05, 3.63) is 54.6 Å². The van der Waals surface area contributed by atoms with Crippen LogP contribution in [0, 0.1) is 0 Å². The summed E-state index contributed by atoms with van der Waals surface area (Å²) < 4.78 is 31.4. The summed E-state index contributed by atoms with van der Waals surface area (Å²) in [7, 11) is -4.41. The molecule has 7 nitrogen and oxygen atoms in total. The number of aromatic hydroxyl groups is 2. The smallest absolute Gasteiger partial charge is 0.294 e. The number of nitrogens with zero attached hydrogens (tertiary/aromatic N) is 2. The van der Waals surface area contributed by atoms with Gasteiger partial charge in [0.05, 0.1) is 10.6 Å². The van der Waals surface area contributed by atoms with E-state index in [1.54, 1.807) is 30.3 Å². The van der Waals surface area contributed by atoms with E-state index in [1.807, 2.05) is 0 Å². The number of rotatable bonds is 3. The zero-order valence-corrected chi connectivity index (χ0v) is 13.0. The number of benzene rings is 3. The van der Waals surface area contributed by atoms with Crippen molar-refractivity contribution in [2.24, 2.45) is 10.2 Å². The lowest BCUT2D eigenvalue weighted by atomic mass is 10.1. The van der Waals surface area contributed by atoms with E-state index >= 15 is 0 Å². The quantitative estimate of drug-likeness (QED) is 0.491. The lowest BCUT2D eigenvalue weighted by molar-refractivity contribution is 0.473. The Morgan fingerprint density at radius 1 is 0.750 bits per heavy atom. The number of azo groups is 1. The van der Waals surface area contributed by atoms with Gasteiger partial charge in [-0.2, -0.15) is 8.42 Å². The highest BCUT2D eigenvalue weighted by atomic mass is 32.2. The van der Waals surface area contributed by atoms with E-state index < -0.39 is 15.0 Å². The topological polar surface area (TPSA) is 120 Å². The van der Waals surface area contributed by atoms with E-state index in [2.05, 4.69) is 10.2 Å². The van der Waals surface area contributed by atoms with Crippen LogP contribution in [-0.4, -0.2) is 23.2 Å². The fourth-order valence-electron chi connectivity index (χ4n) is 2.21. The van der Waals surface area contributed by atoms with Gasteiger partial charge < -0.3 is 10.2 Å². The molecule has 8 heteroatoms. The first-order chi connectivity index (χ1) is 11.4. The first-order valence-electron chi connectivity index (χ1n) is 6.79. The van der Waals surface area contributed by atoms with E-state index in [4.69, 9.17) is 4.55 Å². The van der Waals surface area contributed by atoms with E-state index in [-0.39, 0.29) is 17.2 Å². The van der Waals surface area contributed by atoms with E-state index in [0.717, 1.165) is 18.2 Å². The Morgan fingerprint density at radius 3 is 2.08 bits per heavy atom. The maximum absolute atomic E-state index is 11.2. The summed E-state index contributed by atoms with van der Waals surface area (Å²) >= 11 is 0. The summed E-state index contributed by atoms with van der Waals surface area (Å²) in [5, 5.41) is 28.7. The van der Waals surface area contributed by atoms with Crippen LogP contribution in [0.15, 0.2) is 69.7 Å². The van der Waals surface area contributed by atoms with Crippen LogP contribution in [0.4, 0.5) is 11.4 Å². The molecule has 0 amide bonds. The van der Waals surface area contributed by atoms with Crippen molar-refractivity contribution in [2.75, 3.05) is 0 Å². The fourth-order valence-corrected chi connectivity index (χ4v) is 2.71. The minimum absolute atomic E-state index is 0.0979. The van der Waals surface area contributed by atoms with Gasteiger partial charge in [0.15, 0.2) is 0 Å². The largest absolute Gasteiger partial charge is 0.507 e. The van der Waals surface area contributed by atoms with Crippen LogP contribution in [-0.2, 0) is 10.1 Å². The van der Waals surface area contributed by atoms with Gasteiger partial charge in [-0.15, -0.1) is 10.2 Å². The Morgan fingerprint density at radius 2 is 1.38 bits per heavy atom. The van der Waals surface area contributed by atoms with Crippen molar-refractivity contribution >= 4 is 32.3 Å². The molecule has 0 spiro atoms. The second kappa shape index (κ2) is 5.91. The minimum atomic E-state index is -4.41. The van der Waals surface area contributed by atoms with E-state index in [9.17, 15) is 18.6 Å². The Labute approximate surface area is 137 Å². The first-order valence-corrected chi connectivity index (χ1v) is 8.23. The van der Waals surface area contributed by atoms with Crippen molar-refractivity contribution in [1.29, 1.82) is 0 Å². The van der Waals surface area contributed by atoms with Gasteiger partial charge in [0, 0.05) is 10.8 Å². The van der Waals surface area contributed by atoms with Crippen LogP contribution in [0.1, 0.15) is 0 Å². The van der Waals surface area contributed by atoms with Gasteiger partial charge in [-0.25, -0.2) is 0 Å². The third kappa shape index (κ3) is 3.05. The highest BCUT2D eigenvalue weighted by molar-refractivity contribution is 7.85. The summed E-state index contributed by atoms with van der Waals surface area (Å²) in [5.41, 5.74) is 0.322. The molecule has 0 fully saturated rings. The standard InChI is InChI=1S/C16H12N2O5S/c19-15-8-6-13(11-3-1-2-4-12(11)15)17-18-14-9-10(24(21,22)23)5-7-16(14)20/h1-9,19-20H,(H,21,22,23). The summed E-state index contributed by atoms with van der Waals surface area (Å²) in [6, 6.07) is 13.2. The summed E-state index contributed by atoms with van der Waals surface area (Å²) in [6.45, 7) is 0. The van der Waals surface area contributed by atoms with Crippen molar-refractivity contribution in [2.45, 2.75) is 4.90 Å². The second-order valence-electron chi connectivity index (χ2n) is 4.97. The predicted molar refractivity (Wildman–Crippen MR) is 87.7 cm³/mol. The zero-order chi connectivity index (χ0) is 17.3. The van der Waals surface area contributed by atoms with E-state index in [1.165, 1.54) is 6.07 Å². The molecule has 0 aliphatic carbocycles. The molecular formula is C16H12N2O5S. The average molecular weight is 344 g/mol. The summed E-state index contributed by atoms with van der Waals surface area (Å²) in [6.07, 6.45) is 0. The highest BCUT2D eigenvalue weighted by Crippen LogP contribution is 2.35. The molecule has 122 valence electrons. The molecule has 3 aromatic rings. The van der Waals surface area contributed by atoms with Crippen LogP contribution >= 0.6 is 0 Å². The zero-order valence-electron chi connectivity index (χ0n) is 12.2. The molecule has 0 unspecified atom stereocenters. The van der Waals surface area contributed by atoms with Gasteiger partial charge >= 0.3 is 0 Å². The molecule has 0 bridgehead atoms.